The Morgan fingerprint density at radius 3 is 2.48 bits per heavy atom. The standard InChI is InChI=1S/C22H21NO2/c1-15-8-10-17(11-9-15)22(23-14-4-7-20(23)25)21-18-6-3-2-5-16(18)12-13-19(21)24/h2-3,5-6,8-13,22,24H,4,7,14H2,1H3. The number of nitrogens with zero attached hydrogens (tertiary/aromatic N) is 1. The number of phenolic OH excluding ortho intramolecular Hbond substituents is 1. The van der Waals surface area contributed by atoms with Crippen LogP contribution in [-0.4, -0.2) is 22.5 Å². The summed E-state index contributed by atoms with van der Waals surface area (Å²) in [4.78, 5) is 14.4. The number of rotatable bonds is 3. The summed E-state index contributed by atoms with van der Waals surface area (Å²) in [5, 5.41) is 12.8. The summed E-state index contributed by atoms with van der Waals surface area (Å²) in [6.07, 6.45) is 1.45. The Labute approximate surface area is 147 Å². The number of aromatic hydroxyl groups is 1. The Morgan fingerprint density at radius 1 is 1.00 bits per heavy atom. The van der Waals surface area contributed by atoms with Crippen molar-refractivity contribution in [1.29, 1.82) is 0 Å². The van der Waals surface area contributed by atoms with Gasteiger partial charge in [0.05, 0.1) is 6.04 Å². The van der Waals surface area contributed by atoms with Crippen molar-refractivity contribution in [2.45, 2.75) is 25.8 Å². The molecule has 1 saturated heterocycles. The molecule has 4 rings (SSSR count). The number of benzene rings is 3. The first-order valence-corrected chi connectivity index (χ1v) is 8.72. The molecule has 3 aromatic rings. The van der Waals surface area contributed by atoms with E-state index in [4.69, 9.17) is 0 Å². The Kier molecular flexibility index (Phi) is 3.92. The lowest BCUT2D eigenvalue weighted by molar-refractivity contribution is -0.129. The number of amides is 1. The Bertz CT molecular complexity index is 930. The molecule has 0 bridgehead atoms. The van der Waals surface area contributed by atoms with Crippen LogP contribution in [0.15, 0.2) is 60.7 Å². The van der Waals surface area contributed by atoms with Gasteiger partial charge in [-0.15, -0.1) is 0 Å². The molecule has 3 aromatic carbocycles. The summed E-state index contributed by atoms with van der Waals surface area (Å²) in [7, 11) is 0. The predicted molar refractivity (Wildman–Crippen MR) is 99.6 cm³/mol. The molecule has 1 unspecified atom stereocenters. The molecule has 1 aliphatic heterocycles. The smallest absolute Gasteiger partial charge is 0.223 e. The van der Waals surface area contributed by atoms with Gasteiger partial charge >= 0.3 is 0 Å². The summed E-state index contributed by atoms with van der Waals surface area (Å²) < 4.78 is 0. The minimum absolute atomic E-state index is 0.151. The zero-order chi connectivity index (χ0) is 17.4. The van der Waals surface area contributed by atoms with Crippen molar-refractivity contribution >= 4 is 16.7 Å². The van der Waals surface area contributed by atoms with Crippen LogP contribution in [0.2, 0.25) is 0 Å². The van der Waals surface area contributed by atoms with Gasteiger partial charge in [0.1, 0.15) is 5.75 Å². The van der Waals surface area contributed by atoms with Crippen LogP contribution in [0.4, 0.5) is 0 Å². The second-order valence-electron chi connectivity index (χ2n) is 6.72. The second kappa shape index (κ2) is 6.25. The highest BCUT2D eigenvalue weighted by Crippen LogP contribution is 2.40. The van der Waals surface area contributed by atoms with E-state index in [2.05, 4.69) is 31.2 Å². The number of aryl methyl sites for hydroxylation is 1. The highest BCUT2D eigenvalue weighted by Gasteiger charge is 2.32. The molecule has 0 saturated carbocycles. The van der Waals surface area contributed by atoms with Crippen molar-refractivity contribution in [1.82, 2.24) is 4.90 Å². The van der Waals surface area contributed by atoms with Crippen molar-refractivity contribution in [3.05, 3.63) is 77.4 Å². The number of phenols is 1. The maximum Gasteiger partial charge on any atom is 0.223 e. The fourth-order valence-electron chi connectivity index (χ4n) is 3.76. The van der Waals surface area contributed by atoms with E-state index in [1.807, 2.05) is 35.2 Å². The van der Waals surface area contributed by atoms with Crippen LogP contribution in [-0.2, 0) is 4.79 Å². The number of hydrogen-bond donors (Lipinski definition) is 1. The molecule has 1 heterocycles. The largest absolute Gasteiger partial charge is 0.508 e. The van der Waals surface area contributed by atoms with Gasteiger partial charge in [0.15, 0.2) is 0 Å². The zero-order valence-electron chi connectivity index (χ0n) is 14.3. The first kappa shape index (κ1) is 15.7. The maximum absolute atomic E-state index is 12.5. The average Bonchev–Trinajstić information content (AvgIpc) is 3.04. The predicted octanol–water partition coefficient (Wildman–Crippen LogP) is 4.57. The Morgan fingerprint density at radius 2 is 1.76 bits per heavy atom. The van der Waals surface area contributed by atoms with Gasteiger partial charge in [-0.2, -0.15) is 0 Å². The van der Waals surface area contributed by atoms with E-state index in [0.29, 0.717) is 6.42 Å². The van der Waals surface area contributed by atoms with Gasteiger partial charge in [-0.1, -0.05) is 60.2 Å². The van der Waals surface area contributed by atoms with Crippen molar-refractivity contribution < 1.29 is 9.90 Å². The Balaban J connectivity index is 1.96. The number of hydrogen-bond acceptors (Lipinski definition) is 2. The quantitative estimate of drug-likeness (QED) is 0.764. The van der Waals surface area contributed by atoms with Gasteiger partial charge in [-0.25, -0.2) is 0 Å². The third kappa shape index (κ3) is 2.76. The molecule has 3 nitrogen and oxygen atoms in total. The summed E-state index contributed by atoms with van der Waals surface area (Å²) in [5.41, 5.74) is 3.03. The lowest BCUT2D eigenvalue weighted by atomic mass is 9.91. The molecule has 3 heteroatoms. The number of carbonyl (C=O) groups excluding carboxylic acids is 1. The molecule has 25 heavy (non-hydrogen) atoms. The van der Waals surface area contributed by atoms with Crippen molar-refractivity contribution in [3.63, 3.8) is 0 Å². The van der Waals surface area contributed by atoms with Crippen LogP contribution in [0.1, 0.15) is 35.6 Å². The van der Waals surface area contributed by atoms with Gasteiger partial charge in [-0.05, 0) is 35.7 Å². The average molecular weight is 331 g/mol. The lowest BCUT2D eigenvalue weighted by Crippen LogP contribution is -2.30. The van der Waals surface area contributed by atoms with Gasteiger partial charge < -0.3 is 10.0 Å². The van der Waals surface area contributed by atoms with E-state index in [1.54, 1.807) is 6.07 Å². The van der Waals surface area contributed by atoms with E-state index < -0.39 is 0 Å². The molecular formula is C22H21NO2. The number of fused-ring (bicyclic) bond motifs is 1. The van der Waals surface area contributed by atoms with Gasteiger partial charge in [-0.3, -0.25) is 4.79 Å². The minimum atomic E-state index is -0.262. The molecule has 0 aromatic heterocycles. The zero-order valence-corrected chi connectivity index (χ0v) is 14.3. The lowest BCUT2D eigenvalue weighted by Gasteiger charge is -2.30. The molecule has 0 radical (unpaired) electrons. The number of likely N-dealkylation sites (tertiary alicyclic amines) is 1. The van der Waals surface area contributed by atoms with Gasteiger partial charge in [0.25, 0.3) is 0 Å². The van der Waals surface area contributed by atoms with Crippen LogP contribution < -0.4 is 0 Å². The summed E-state index contributed by atoms with van der Waals surface area (Å²) in [6.45, 7) is 2.77. The highest BCUT2D eigenvalue weighted by atomic mass is 16.3. The summed E-state index contributed by atoms with van der Waals surface area (Å²) in [5.74, 6) is 0.391. The normalized spacial score (nSPS) is 15.7. The minimum Gasteiger partial charge on any atom is -0.508 e. The van der Waals surface area contributed by atoms with Crippen LogP contribution >= 0.6 is 0 Å². The van der Waals surface area contributed by atoms with E-state index >= 15 is 0 Å². The molecule has 1 N–H and O–H groups in total. The topological polar surface area (TPSA) is 40.5 Å². The molecule has 1 atom stereocenters. The maximum atomic E-state index is 12.5. The molecule has 1 amide bonds. The second-order valence-corrected chi connectivity index (χ2v) is 6.72. The first-order valence-electron chi connectivity index (χ1n) is 8.72. The van der Waals surface area contributed by atoms with Gasteiger partial charge in [0, 0.05) is 18.5 Å². The third-order valence-electron chi connectivity index (χ3n) is 5.04. The van der Waals surface area contributed by atoms with Crippen LogP contribution in [0, 0.1) is 6.92 Å². The van der Waals surface area contributed by atoms with Gasteiger partial charge in [0.2, 0.25) is 5.91 Å². The molecule has 1 aliphatic rings. The SMILES string of the molecule is Cc1ccc(C(c2c(O)ccc3ccccc23)N2CCCC2=O)cc1. The summed E-state index contributed by atoms with van der Waals surface area (Å²) in [6, 6.07) is 19.7. The third-order valence-corrected chi connectivity index (χ3v) is 5.04. The highest BCUT2D eigenvalue weighted by molar-refractivity contribution is 5.89. The molecule has 0 aliphatic carbocycles. The molecule has 0 spiro atoms. The van der Waals surface area contributed by atoms with E-state index in [1.165, 1.54) is 5.56 Å². The Hall–Kier alpha value is -2.81. The molecular weight excluding hydrogens is 310 g/mol. The monoisotopic (exact) mass is 331 g/mol. The van der Waals surface area contributed by atoms with Crippen LogP contribution in [0.3, 0.4) is 0 Å². The van der Waals surface area contributed by atoms with E-state index in [9.17, 15) is 9.90 Å². The first-order chi connectivity index (χ1) is 12.1. The van der Waals surface area contributed by atoms with Crippen molar-refractivity contribution in [2.75, 3.05) is 6.54 Å². The fraction of sp³-hybridized carbons (Fsp3) is 0.227. The van der Waals surface area contributed by atoms with E-state index in [-0.39, 0.29) is 17.7 Å². The fourth-order valence-corrected chi connectivity index (χ4v) is 3.76. The summed E-state index contributed by atoms with van der Waals surface area (Å²) >= 11 is 0. The van der Waals surface area contributed by atoms with Crippen LogP contribution in [0.25, 0.3) is 10.8 Å². The molecule has 1 fully saturated rings. The van der Waals surface area contributed by atoms with Crippen LogP contribution in [0.5, 0.6) is 5.75 Å². The van der Waals surface area contributed by atoms with Crippen molar-refractivity contribution in [2.24, 2.45) is 0 Å². The molecule has 126 valence electrons. The van der Waals surface area contributed by atoms with E-state index in [0.717, 1.165) is 34.9 Å². The number of carbonyl (C=O) groups is 1. The van der Waals surface area contributed by atoms with Crippen molar-refractivity contribution in [3.8, 4) is 5.75 Å².